The lowest BCUT2D eigenvalue weighted by atomic mass is 10.2. The molecule has 0 saturated carbocycles. The molecule has 0 fully saturated rings. The molecule has 17 heavy (non-hydrogen) atoms. The van der Waals surface area contributed by atoms with Crippen molar-refractivity contribution in [3.8, 4) is 0 Å². The highest BCUT2D eigenvalue weighted by molar-refractivity contribution is 6.33. The molecule has 1 aromatic carbocycles. The van der Waals surface area contributed by atoms with E-state index in [4.69, 9.17) is 17.3 Å². The number of benzene rings is 1. The van der Waals surface area contributed by atoms with Crippen LogP contribution in [0.1, 0.15) is 5.56 Å². The predicted molar refractivity (Wildman–Crippen MR) is 71.6 cm³/mol. The van der Waals surface area contributed by atoms with Crippen LogP contribution >= 0.6 is 11.6 Å². The number of rotatable bonds is 3. The molecule has 0 atom stereocenters. The molecule has 2 rings (SSSR count). The van der Waals surface area contributed by atoms with Crippen LogP contribution in [0, 0.1) is 0 Å². The number of halogens is 1. The summed E-state index contributed by atoms with van der Waals surface area (Å²) in [6, 6.07) is 11.7. The summed E-state index contributed by atoms with van der Waals surface area (Å²) in [7, 11) is 1.94. The molecule has 0 spiro atoms. The second-order valence-electron chi connectivity index (χ2n) is 3.74. The van der Waals surface area contributed by atoms with E-state index in [1.54, 1.807) is 6.20 Å². The number of pyridine rings is 1. The Hall–Kier alpha value is -1.58. The van der Waals surface area contributed by atoms with Crippen LogP contribution in [-0.4, -0.2) is 12.0 Å². The monoisotopic (exact) mass is 247 g/mol. The molecular weight excluding hydrogens is 234 g/mol. The molecule has 0 aliphatic rings. The van der Waals surface area contributed by atoms with E-state index in [0.717, 1.165) is 17.1 Å². The fourth-order valence-electron chi connectivity index (χ4n) is 1.60. The van der Waals surface area contributed by atoms with Crippen molar-refractivity contribution in [1.82, 2.24) is 4.98 Å². The first kappa shape index (κ1) is 11.9. The van der Waals surface area contributed by atoms with Crippen molar-refractivity contribution in [3.05, 3.63) is 53.2 Å². The molecule has 1 aromatic heterocycles. The minimum absolute atomic E-state index is 0.550. The lowest BCUT2D eigenvalue weighted by Gasteiger charge is -2.19. The van der Waals surface area contributed by atoms with Crippen LogP contribution in [0.2, 0.25) is 5.02 Å². The molecule has 0 aliphatic heterocycles. The highest BCUT2D eigenvalue weighted by Gasteiger charge is 2.08. The maximum Gasteiger partial charge on any atom is 0.151 e. The van der Waals surface area contributed by atoms with E-state index in [2.05, 4.69) is 4.98 Å². The molecule has 2 N–H and O–H groups in total. The first-order valence-electron chi connectivity index (χ1n) is 5.35. The molecule has 0 bridgehead atoms. The van der Waals surface area contributed by atoms with Gasteiger partial charge in [0.05, 0.1) is 5.02 Å². The van der Waals surface area contributed by atoms with E-state index in [9.17, 15) is 0 Å². The minimum Gasteiger partial charge on any atom is -0.328 e. The summed E-state index contributed by atoms with van der Waals surface area (Å²) < 4.78 is 0. The van der Waals surface area contributed by atoms with E-state index in [1.165, 1.54) is 0 Å². The quantitative estimate of drug-likeness (QED) is 0.907. The molecule has 4 heteroatoms. The van der Waals surface area contributed by atoms with Gasteiger partial charge in [-0.1, -0.05) is 23.7 Å². The Balaban J connectivity index is 2.30. The second kappa shape index (κ2) is 5.17. The average molecular weight is 248 g/mol. The zero-order valence-corrected chi connectivity index (χ0v) is 10.4. The standard InChI is InChI=1S/C13H14ClN3/c1-17(13-12(14)3-2-8-16-13)11-6-4-10(9-15)5-7-11/h2-8H,9,15H2,1H3. The van der Waals surface area contributed by atoms with Gasteiger partial charge in [0, 0.05) is 25.5 Å². The van der Waals surface area contributed by atoms with Crippen LogP contribution < -0.4 is 10.6 Å². The molecule has 0 aliphatic carbocycles. The van der Waals surface area contributed by atoms with Gasteiger partial charge in [0.15, 0.2) is 5.82 Å². The smallest absolute Gasteiger partial charge is 0.151 e. The molecule has 1 heterocycles. The summed E-state index contributed by atoms with van der Waals surface area (Å²) in [6.07, 6.45) is 1.73. The maximum atomic E-state index is 6.10. The topological polar surface area (TPSA) is 42.1 Å². The summed E-state index contributed by atoms with van der Waals surface area (Å²) in [6.45, 7) is 0.550. The molecule has 0 radical (unpaired) electrons. The highest BCUT2D eigenvalue weighted by atomic mass is 35.5. The van der Waals surface area contributed by atoms with Crippen LogP contribution in [-0.2, 0) is 6.54 Å². The van der Waals surface area contributed by atoms with Crippen molar-refractivity contribution in [2.45, 2.75) is 6.54 Å². The second-order valence-corrected chi connectivity index (χ2v) is 4.15. The third-order valence-electron chi connectivity index (χ3n) is 2.62. The lowest BCUT2D eigenvalue weighted by Crippen LogP contribution is -2.11. The number of nitrogens with two attached hydrogens (primary N) is 1. The zero-order chi connectivity index (χ0) is 12.3. The number of hydrogen-bond donors (Lipinski definition) is 1. The van der Waals surface area contributed by atoms with E-state index < -0.39 is 0 Å². The Morgan fingerprint density at radius 2 is 1.94 bits per heavy atom. The van der Waals surface area contributed by atoms with E-state index in [-0.39, 0.29) is 0 Å². The van der Waals surface area contributed by atoms with Gasteiger partial charge >= 0.3 is 0 Å². The third kappa shape index (κ3) is 2.57. The van der Waals surface area contributed by atoms with Crippen molar-refractivity contribution in [2.24, 2.45) is 5.73 Å². The molecule has 3 nitrogen and oxygen atoms in total. The summed E-state index contributed by atoms with van der Waals surface area (Å²) >= 11 is 6.10. The van der Waals surface area contributed by atoms with Gasteiger partial charge in [-0.2, -0.15) is 0 Å². The molecular formula is C13H14ClN3. The molecule has 0 unspecified atom stereocenters. The number of anilines is 2. The summed E-state index contributed by atoms with van der Waals surface area (Å²) in [5.74, 6) is 0.745. The first-order chi connectivity index (χ1) is 8.22. The summed E-state index contributed by atoms with van der Waals surface area (Å²) in [5, 5.41) is 0.637. The molecule has 0 amide bonds. The number of aromatic nitrogens is 1. The lowest BCUT2D eigenvalue weighted by molar-refractivity contribution is 1.06. The van der Waals surface area contributed by atoms with Crippen LogP contribution in [0.3, 0.4) is 0 Å². The normalized spacial score (nSPS) is 10.3. The highest BCUT2D eigenvalue weighted by Crippen LogP contribution is 2.27. The third-order valence-corrected chi connectivity index (χ3v) is 2.91. The van der Waals surface area contributed by atoms with Crippen molar-refractivity contribution >= 4 is 23.1 Å². The predicted octanol–water partition coefficient (Wildman–Crippen LogP) is 2.96. The average Bonchev–Trinajstić information content (AvgIpc) is 2.39. The van der Waals surface area contributed by atoms with Crippen LogP contribution in [0.5, 0.6) is 0 Å². The van der Waals surface area contributed by atoms with Gasteiger partial charge in [-0.3, -0.25) is 0 Å². The van der Waals surface area contributed by atoms with Crippen molar-refractivity contribution in [2.75, 3.05) is 11.9 Å². The van der Waals surface area contributed by atoms with Crippen LogP contribution in [0.25, 0.3) is 0 Å². The van der Waals surface area contributed by atoms with Crippen LogP contribution in [0.4, 0.5) is 11.5 Å². The van der Waals surface area contributed by atoms with Crippen molar-refractivity contribution in [3.63, 3.8) is 0 Å². The minimum atomic E-state index is 0.550. The van der Waals surface area contributed by atoms with Gasteiger partial charge in [-0.25, -0.2) is 4.98 Å². The van der Waals surface area contributed by atoms with Crippen molar-refractivity contribution < 1.29 is 0 Å². The summed E-state index contributed by atoms with van der Waals surface area (Å²) in [5.41, 5.74) is 7.70. The Morgan fingerprint density at radius 1 is 1.24 bits per heavy atom. The maximum absolute atomic E-state index is 6.10. The van der Waals surface area contributed by atoms with Gasteiger partial charge in [0.2, 0.25) is 0 Å². The fourth-order valence-corrected chi connectivity index (χ4v) is 1.85. The molecule has 88 valence electrons. The Bertz CT molecular complexity index is 496. The fraction of sp³-hybridized carbons (Fsp3) is 0.154. The van der Waals surface area contributed by atoms with Gasteiger partial charge in [0.25, 0.3) is 0 Å². The Kier molecular flexibility index (Phi) is 3.61. The SMILES string of the molecule is CN(c1ccc(CN)cc1)c1ncccc1Cl. The van der Waals surface area contributed by atoms with Gasteiger partial charge < -0.3 is 10.6 Å². The zero-order valence-electron chi connectivity index (χ0n) is 9.60. The largest absolute Gasteiger partial charge is 0.328 e. The molecule has 0 saturated heterocycles. The van der Waals surface area contributed by atoms with E-state index >= 15 is 0 Å². The summed E-state index contributed by atoms with van der Waals surface area (Å²) in [4.78, 5) is 6.21. The van der Waals surface area contributed by atoms with Crippen molar-refractivity contribution in [1.29, 1.82) is 0 Å². The molecule has 2 aromatic rings. The van der Waals surface area contributed by atoms with E-state index in [0.29, 0.717) is 11.6 Å². The van der Waals surface area contributed by atoms with Gasteiger partial charge in [-0.15, -0.1) is 0 Å². The number of hydrogen-bond acceptors (Lipinski definition) is 3. The van der Waals surface area contributed by atoms with Gasteiger partial charge in [0.1, 0.15) is 0 Å². The number of nitrogens with zero attached hydrogens (tertiary/aromatic N) is 2. The van der Waals surface area contributed by atoms with Gasteiger partial charge in [-0.05, 0) is 29.8 Å². The van der Waals surface area contributed by atoms with E-state index in [1.807, 2.05) is 48.3 Å². The first-order valence-corrected chi connectivity index (χ1v) is 5.73. The Labute approximate surface area is 106 Å². The van der Waals surface area contributed by atoms with Crippen LogP contribution in [0.15, 0.2) is 42.6 Å². The Morgan fingerprint density at radius 3 is 2.53 bits per heavy atom.